The van der Waals surface area contributed by atoms with E-state index in [4.69, 9.17) is 26.6 Å². The van der Waals surface area contributed by atoms with Crippen molar-refractivity contribution in [2.24, 2.45) is 0 Å². The van der Waals surface area contributed by atoms with Crippen LogP contribution in [0, 0.1) is 0 Å². The summed E-state index contributed by atoms with van der Waals surface area (Å²) in [6.07, 6.45) is 0. The quantitative estimate of drug-likeness (QED) is 0.352. The zero-order chi connectivity index (χ0) is 22.0. The van der Waals surface area contributed by atoms with E-state index in [2.05, 4.69) is 24.3 Å². The van der Waals surface area contributed by atoms with Gasteiger partial charge in [-0.05, 0) is 65.8 Å². The third-order valence-electron chi connectivity index (χ3n) is 4.06. The molecule has 2 aromatic rings. The van der Waals surface area contributed by atoms with Gasteiger partial charge in [0, 0.05) is 49.4 Å². The summed E-state index contributed by atoms with van der Waals surface area (Å²) >= 11 is 3.33. The number of hydrogen-bond acceptors (Lipinski definition) is 8. The minimum Gasteiger partial charge on any atom is -0.370 e. The lowest BCUT2D eigenvalue weighted by Crippen LogP contribution is -2.55. The second-order valence-corrected chi connectivity index (χ2v) is 14.0. The van der Waals surface area contributed by atoms with Crippen molar-refractivity contribution in [1.82, 2.24) is 0 Å². The predicted molar refractivity (Wildman–Crippen MR) is 128 cm³/mol. The molecule has 0 radical (unpaired) electrons. The molecule has 0 N–H and O–H groups in total. The van der Waals surface area contributed by atoms with Crippen LogP contribution in [0.25, 0.3) is 9.75 Å². The van der Waals surface area contributed by atoms with E-state index in [9.17, 15) is 0 Å². The van der Waals surface area contributed by atoms with Gasteiger partial charge in [-0.25, -0.2) is 0 Å². The van der Waals surface area contributed by atoms with Crippen LogP contribution in [0.4, 0.5) is 0 Å². The lowest BCUT2D eigenvalue weighted by Gasteiger charge is -2.27. The van der Waals surface area contributed by atoms with Gasteiger partial charge in [-0.3, -0.25) is 0 Å². The van der Waals surface area contributed by atoms with Crippen molar-refractivity contribution in [3.63, 3.8) is 0 Å². The van der Waals surface area contributed by atoms with Crippen LogP contribution in [0.3, 0.4) is 0 Å². The summed E-state index contributed by atoms with van der Waals surface area (Å²) in [5.41, 5.74) is 0. The standard InChI is InChI=1S/C20H34O6S2Si2/c1-7-21-29(22-8-2,23-9-3)19-15-13-17(27-19)18-14-16-20(28-18)30(24-10-4,25-11-5)26-12-6/h13-16H,7-12H2,1-6H3. The Hall–Kier alpha value is -0.406. The first kappa shape index (κ1) is 25.9. The number of hydrogen-bond donors (Lipinski definition) is 0. The summed E-state index contributed by atoms with van der Waals surface area (Å²) in [6, 6.07) is 8.37. The van der Waals surface area contributed by atoms with Crippen molar-refractivity contribution < 1.29 is 26.6 Å². The first-order chi connectivity index (χ1) is 14.5. The molecule has 0 amide bonds. The molecule has 2 rings (SSSR count). The van der Waals surface area contributed by atoms with Gasteiger partial charge in [0.15, 0.2) is 0 Å². The van der Waals surface area contributed by atoms with Crippen molar-refractivity contribution in [1.29, 1.82) is 0 Å². The van der Waals surface area contributed by atoms with Crippen LogP contribution in [-0.4, -0.2) is 57.3 Å². The number of rotatable bonds is 15. The van der Waals surface area contributed by atoms with Gasteiger partial charge in [0.05, 0.1) is 9.00 Å². The average molecular weight is 491 g/mol. The van der Waals surface area contributed by atoms with Crippen molar-refractivity contribution in [3.8, 4) is 9.75 Å². The topological polar surface area (TPSA) is 55.4 Å². The zero-order valence-corrected chi connectivity index (χ0v) is 22.5. The third kappa shape index (κ3) is 5.88. The molecule has 2 heterocycles. The Labute approximate surface area is 190 Å². The normalized spacial score (nSPS) is 12.6. The van der Waals surface area contributed by atoms with Gasteiger partial charge in [-0.15, -0.1) is 22.7 Å². The molecule has 30 heavy (non-hydrogen) atoms. The average Bonchev–Trinajstić information content (AvgIpc) is 3.39. The Morgan fingerprint density at radius 1 is 0.500 bits per heavy atom. The highest BCUT2D eigenvalue weighted by molar-refractivity contribution is 7.32. The van der Waals surface area contributed by atoms with Crippen molar-refractivity contribution in [3.05, 3.63) is 24.3 Å². The van der Waals surface area contributed by atoms with Gasteiger partial charge in [0.25, 0.3) is 0 Å². The van der Waals surface area contributed by atoms with Crippen LogP contribution in [0.5, 0.6) is 0 Å². The van der Waals surface area contributed by atoms with Gasteiger partial charge in [-0.2, -0.15) is 0 Å². The lowest BCUT2D eigenvalue weighted by atomic mass is 10.4. The maximum absolute atomic E-state index is 6.06. The SMILES string of the molecule is CCO[Si](OCC)(OCC)c1ccc(-c2ccc([Si](OCC)(OCC)OCC)s2)s1. The first-order valence-electron chi connectivity index (χ1n) is 10.6. The Balaban J connectivity index is 2.38. The van der Waals surface area contributed by atoms with E-state index >= 15 is 0 Å². The molecular formula is C20H34O6S2Si2. The smallest absolute Gasteiger partial charge is 0.370 e. The van der Waals surface area contributed by atoms with E-state index in [1.165, 1.54) is 0 Å². The second kappa shape index (κ2) is 12.6. The van der Waals surface area contributed by atoms with E-state index < -0.39 is 17.6 Å². The van der Waals surface area contributed by atoms with Crippen molar-refractivity contribution >= 4 is 49.3 Å². The minimum atomic E-state index is -2.89. The summed E-state index contributed by atoms with van der Waals surface area (Å²) in [6.45, 7) is 15.1. The van der Waals surface area contributed by atoms with E-state index in [0.717, 1.165) is 18.8 Å². The molecule has 0 aliphatic rings. The van der Waals surface area contributed by atoms with Crippen LogP contribution >= 0.6 is 22.7 Å². The molecule has 0 saturated carbocycles. The molecule has 170 valence electrons. The second-order valence-electron chi connectivity index (χ2n) is 6.04. The molecule has 2 aromatic heterocycles. The van der Waals surface area contributed by atoms with E-state index in [1.54, 1.807) is 22.7 Å². The molecule has 0 bridgehead atoms. The lowest BCUT2D eigenvalue weighted by molar-refractivity contribution is 0.0858. The molecule has 0 spiro atoms. The van der Waals surface area contributed by atoms with Crippen molar-refractivity contribution in [2.75, 3.05) is 39.6 Å². The fourth-order valence-electron chi connectivity index (χ4n) is 3.09. The molecule has 0 saturated heterocycles. The van der Waals surface area contributed by atoms with Gasteiger partial charge >= 0.3 is 17.6 Å². The monoisotopic (exact) mass is 490 g/mol. The highest BCUT2D eigenvalue weighted by Gasteiger charge is 2.46. The van der Waals surface area contributed by atoms with Crippen LogP contribution in [0.15, 0.2) is 24.3 Å². The molecular weight excluding hydrogens is 457 g/mol. The van der Waals surface area contributed by atoms with Crippen LogP contribution in [-0.2, 0) is 26.6 Å². The Morgan fingerprint density at radius 2 is 0.767 bits per heavy atom. The Kier molecular flexibility index (Phi) is 10.8. The van der Waals surface area contributed by atoms with Crippen LogP contribution in [0.1, 0.15) is 41.5 Å². The van der Waals surface area contributed by atoms with Gasteiger partial charge < -0.3 is 26.6 Å². The summed E-state index contributed by atoms with van der Waals surface area (Å²) in [4.78, 5) is 2.29. The molecule has 0 atom stereocenters. The summed E-state index contributed by atoms with van der Waals surface area (Å²) in [5, 5.41) is 0. The highest BCUT2D eigenvalue weighted by Crippen LogP contribution is 2.31. The van der Waals surface area contributed by atoms with Crippen molar-refractivity contribution in [2.45, 2.75) is 41.5 Å². The van der Waals surface area contributed by atoms with Crippen LogP contribution in [0.2, 0.25) is 0 Å². The summed E-state index contributed by atoms with van der Waals surface area (Å²) < 4.78 is 38.4. The minimum absolute atomic E-state index is 0.549. The molecule has 6 nitrogen and oxygen atoms in total. The van der Waals surface area contributed by atoms with E-state index in [-0.39, 0.29) is 0 Å². The predicted octanol–water partition coefficient (Wildman–Crippen LogP) is 3.99. The first-order valence-corrected chi connectivity index (χ1v) is 15.7. The molecule has 0 aromatic carbocycles. The van der Waals surface area contributed by atoms with E-state index in [0.29, 0.717) is 39.6 Å². The largest absolute Gasteiger partial charge is 0.547 e. The summed E-state index contributed by atoms with van der Waals surface area (Å²) in [7, 11) is -5.79. The highest BCUT2D eigenvalue weighted by atomic mass is 32.1. The third-order valence-corrected chi connectivity index (χ3v) is 13.7. The molecule has 0 fully saturated rings. The van der Waals surface area contributed by atoms with Gasteiger partial charge in [-0.1, -0.05) is 0 Å². The Bertz CT molecular complexity index is 655. The molecule has 10 heteroatoms. The van der Waals surface area contributed by atoms with Crippen LogP contribution < -0.4 is 9.00 Å². The fraction of sp³-hybridized carbons (Fsp3) is 0.600. The molecule has 0 aliphatic heterocycles. The van der Waals surface area contributed by atoms with E-state index in [1.807, 2.05) is 41.5 Å². The summed E-state index contributed by atoms with van der Waals surface area (Å²) in [5.74, 6) is 0. The maximum Gasteiger partial charge on any atom is 0.547 e. The maximum atomic E-state index is 6.06. The number of thiophene rings is 2. The Morgan fingerprint density at radius 3 is 1.00 bits per heavy atom. The van der Waals surface area contributed by atoms with Gasteiger partial charge in [0.1, 0.15) is 0 Å². The molecule has 0 unspecified atom stereocenters. The van der Waals surface area contributed by atoms with Gasteiger partial charge in [0.2, 0.25) is 0 Å². The zero-order valence-electron chi connectivity index (χ0n) is 18.8. The fourth-order valence-corrected chi connectivity index (χ4v) is 11.6. The molecule has 0 aliphatic carbocycles.